The number of rotatable bonds is 4. The molecular formula is C12H18O2. The highest BCUT2D eigenvalue weighted by atomic mass is 16.5. The Morgan fingerprint density at radius 1 is 1.43 bits per heavy atom. The molecule has 0 radical (unpaired) electrons. The molecular weight excluding hydrogens is 176 g/mol. The second-order valence-corrected chi connectivity index (χ2v) is 3.76. The summed E-state index contributed by atoms with van der Waals surface area (Å²) in [5, 5.41) is 10.2. The van der Waals surface area contributed by atoms with Crippen molar-refractivity contribution in [1.29, 1.82) is 0 Å². The van der Waals surface area contributed by atoms with Crippen LogP contribution in [0.15, 0.2) is 24.3 Å². The van der Waals surface area contributed by atoms with Crippen LogP contribution in [0.25, 0.3) is 0 Å². The zero-order chi connectivity index (χ0) is 10.6. The average Bonchev–Trinajstić information content (AvgIpc) is 2.18. The van der Waals surface area contributed by atoms with Crippen LogP contribution in [0.5, 0.6) is 5.75 Å². The molecule has 0 bridgehead atoms. The van der Waals surface area contributed by atoms with Gasteiger partial charge in [0.05, 0.1) is 12.7 Å². The first-order valence-electron chi connectivity index (χ1n) is 4.97. The molecule has 14 heavy (non-hydrogen) atoms. The minimum atomic E-state index is -0.747. The zero-order valence-electron chi connectivity index (χ0n) is 9.08. The monoisotopic (exact) mass is 194 g/mol. The summed E-state index contributed by atoms with van der Waals surface area (Å²) in [5.74, 6) is 0.791. The summed E-state index contributed by atoms with van der Waals surface area (Å²) in [6.07, 6.45) is 1.73. The Balaban J connectivity index is 2.93. The third-order valence-electron chi connectivity index (χ3n) is 2.43. The van der Waals surface area contributed by atoms with Crippen molar-refractivity contribution in [3.05, 3.63) is 29.8 Å². The van der Waals surface area contributed by atoms with Gasteiger partial charge in [-0.05, 0) is 31.0 Å². The maximum Gasteiger partial charge on any atom is 0.119 e. The minimum absolute atomic E-state index is 0.747. The summed E-state index contributed by atoms with van der Waals surface area (Å²) >= 11 is 0. The standard InChI is InChI=1S/C12H18O2/c1-4-8-12(2,13)10-6-5-7-11(9-10)14-3/h5-7,9,13H,4,8H2,1-3H3. The van der Waals surface area contributed by atoms with Crippen molar-refractivity contribution in [3.63, 3.8) is 0 Å². The Bertz CT molecular complexity index is 292. The smallest absolute Gasteiger partial charge is 0.119 e. The van der Waals surface area contributed by atoms with Gasteiger partial charge in [0.2, 0.25) is 0 Å². The van der Waals surface area contributed by atoms with Gasteiger partial charge in [0.1, 0.15) is 5.75 Å². The number of ether oxygens (including phenoxy) is 1. The van der Waals surface area contributed by atoms with E-state index in [-0.39, 0.29) is 0 Å². The van der Waals surface area contributed by atoms with E-state index < -0.39 is 5.60 Å². The normalized spacial score (nSPS) is 14.9. The van der Waals surface area contributed by atoms with E-state index in [1.807, 2.05) is 31.2 Å². The highest BCUT2D eigenvalue weighted by molar-refractivity contribution is 5.31. The van der Waals surface area contributed by atoms with Gasteiger partial charge in [0, 0.05) is 0 Å². The fourth-order valence-corrected chi connectivity index (χ4v) is 1.59. The van der Waals surface area contributed by atoms with Crippen LogP contribution in [-0.4, -0.2) is 12.2 Å². The fourth-order valence-electron chi connectivity index (χ4n) is 1.59. The van der Waals surface area contributed by atoms with E-state index in [1.54, 1.807) is 7.11 Å². The highest BCUT2D eigenvalue weighted by Crippen LogP contribution is 2.28. The van der Waals surface area contributed by atoms with Crippen molar-refractivity contribution >= 4 is 0 Å². The molecule has 0 amide bonds. The molecule has 1 atom stereocenters. The van der Waals surface area contributed by atoms with Crippen LogP contribution in [0.4, 0.5) is 0 Å². The van der Waals surface area contributed by atoms with Gasteiger partial charge in [-0.3, -0.25) is 0 Å². The molecule has 1 rings (SSSR count). The number of benzene rings is 1. The molecule has 1 N–H and O–H groups in total. The molecule has 1 unspecified atom stereocenters. The number of aliphatic hydroxyl groups is 1. The topological polar surface area (TPSA) is 29.5 Å². The van der Waals surface area contributed by atoms with Crippen molar-refractivity contribution < 1.29 is 9.84 Å². The molecule has 0 aliphatic rings. The van der Waals surface area contributed by atoms with Crippen molar-refractivity contribution in [3.8, 4) is 5.75 Å². The van der Waals surface area contributed by atoms with E-state index in [4.69, 9.17) is 4.74 Å². The first-order chi connectivity index (χ1) is 6.60. The summed E-state index contributed by atoms with van der Waals surface area (Å²) in [6, 6.07) is 7.59. The molecule has 0 heterocycles. The Labute approximate surface area is 85.5 Å². The maximum atomic E-state index is 10.2. The van der Waals surface area contributed by atoms with Crippen LogP contribution in [0, 0.1) is 0 Å². The predicted molar refractivity (Wildman–Crippen MR) is 57.5 cm³/mol. The van der Waals surface area contributed by atoms with Gasteiger partial charge in [-0.25, -0.2) is 0 Å². The molecule has 0 saturated heterocycles. The quantitative estimate of drug-likeness (QED) is 0.798. The van der Waals surface area contributed by atoms with E-state index in [9.17, 15) is 5.11 Å². The second kappa shape index (κ2) is 4.47. The molecule has 0 aliphatic heterocycles. The number of methoxy groups -OCH3 is 1. The number of hydrogen-bond donors (Lipinski definition) is 1. The van der Waals surface area contributed by atoms with Crippen molar-refractivity contribution in [2.24, 2.45) is 0 Å². The summed E-state index contributed by atoms with van der Waals surface area (Å²) < 4.78 is 5.12. The maximum absolute atomic E-state index is 10.2. The molecule has 2 nitrogen and oxygen atoms in total. The Morgan fingerprint density at radius 3 is 2.71 bits per heavy atom. The van der Waals surface area contributed by atoms with Gasteiger partial charge in [0.15, 0.2) is 0 Å². The van der Waals surface area contributed by atoms with Crippen LogP contribution in [0.2, 0.25) is 0 Å². The van der Waals surface area contributed by atoms with Gasteiger partial charge in [-0.2, -0.15) is 0 Å². The average molecular weight is 194 g/mol. The van der Waals surface area contributed by atoms with Crippen LogP contribution < -0.4 is 4.74 Å². The summed E-state index contributed by atoms with van der Waals surface area (Å²) in [6.45, 7) is 3.90. The van der Waals surface area contributed by atoms with Crippen LogP contribution in [-0.2, 0) is 5.60 Å². The molecule has 2 heteroatoms. The van der Waals surface area contributed by atoms with Crippen molar-refractivity contribution in [1.82, 2.24) is 0 Å². The first-order valence-corrected chi connectivity index (χ1v) is 4.97. The third kappa shape index (κ3) is 2.48. The van der Waals surface area contributed by atoms with E-state index in [2.05, 4.69) is 6.92 Å². The summed E-state index contributed by atoms with van der Waals surface area (Å²) in [5.41, 5.74) is 0.169. The fraction of sp³-hybridized carbons (Fsp3) is 0.500. The van der Waals surface area contributed by atoms with E-state index >= 15 is 0 Å². The van der Waals surface area contributed by atoms with Gasteiger partial charge in [0.25, 0.3) is 0 Å². The van der Waals surface area contributed by atoms with E-state index in [0.717, 1.165) is 24.2 Å². The van der Waals surface area contributed by atoms with Gasteiger partial charge < -0.3 is 9.84 Å². The molecule has 1 aromatic carbocycles. The molecule has 0 aliphatic carbocycles. The second-order valence-electron chi connectivity index (χ2n) is 3.76. The molecule has 0 fully saturated rings. The Kier molecular flexibility index (Phi) is 3.53. The highest BCUT2D eigenvalue weighted by Gasteiger charge is 2.21. The van der Waals surface area contributed by atoms with Crippen LogP contribution in [0.1, 0.15) is 32.3 Å². The van der Waals surface area contributed by atoms with E-state index in [1.165, 1.54) is 0 Å². The van der Waals surface area contributed by atoms with Gasteiger partial charge >= 0.3 is 0 Å². The molecule has 1 aromatic rings. The lowest BCUT2D eigenvalue weighted by atomic mass is 9.91. The largest absolute Gasteiger partial charge is 0.497 e. The molecule has 0 spiro atoms. The van der Waals surface area contributed by atoms with Crippen LogP contribution in [0.3, 0.4) is 0 Å². The molecule has 78 valence electrons. The SMILES string of the molecule is CCCC(C)(O)c1cccc(OC)c1. The predicted octanol–water partition coefficient (Wildman–Crippen LogP) is 2.70. The van der Waals surface area contributed by atoms with Gasteiger partial charge in [-0.1, -0.05) is 25.5 Å². The summed E-state index contributed by atoms with van der Waals surface area (Å²) in [7, 11) is 1.63. The zero-order valence-corrected chi connectivity index (χ0v) is 9.08. The Hall–Kier alpha value is -1.02. The lowest BCUT2D eigenvalue weighted by Crippen LogP contribution is -2.20. The minimum Gasteiger partial charge on any atom is -0.497 e. The molecule has 0 saturated carbocycles. The van der Waals surface area contributed by atoms with Gasteiger partial charge in [-0.15, -0.1) is 0 Å². The van der Waals surface area contributed by atoms with Crippen molar-refractivity contribution in [2.45, 2.75) is 32.3 Å². The van der Waals surface area contributed by atoms with Crippen LogP contribution >= 0.6 is 0 Å². The lowest BCUT2D eigenvalue weighted by molar-refractivity contribution is 0.0467. The third-order valence-corrected chi connectivity index (χ3v) is 2.43. The van der Waals surface area contributed by atoms with Crippen molar-refractivity contribution in [2.75, 3.05) is 7.11 Å². The first kappa shape index (κ1) is 11.1. The van der Waals surface area contributed by atoms with E-state index in [0.29, 0.717) is 0 Å². The number of hydrogen-bond acceptors (Lipinski definition) is 2. The summed E-state index contributed by atoms with van der Waals surface area (Å²) in [4.78, 5) is 0. The molecule has 0 aromatic heterocycles. The Morgan fingerprint density at radius 2 is 2.14 bits per heavy atom. The lowest BCUT2D eigenvalue weighted by Gasteiger charge is -2.23.